The lowest BCUT2D eigenvalue weighted by molar-refractivity contribution is -0.128. The van der Waals surface area contributed by atoms with E-state index in [1.165, 1.54) is 11.8 Å². The zero-order chi connectivity index (χ0) is 19.2. The molecular formula is C19H18ClN3O3S. The highest BCUT2D eigenvalue weighted by molar-refractivity contribution is 8.00. The fourth-order valence-corrected chi connectivity index (χ4v) is 3.41. The van der Waals surface area contributed by atoms with Crippen LogP contribution in [0.5, 0.6) is 5.75 Å². The SMILES string of the molecule is CN(C)C(=O)C(Sc1nnc(COc2ccc(Cl)cc2)o1)c1ccccc1. The maximum absolute atomic E-state index is 12.6. The molecule has 0 saturated carbocycles. The number of carbonyl (C=O) groups is 1. The molecule has 0 bridgehead atoms. The maximum Gasteiger partial charge on any atom is 0.277 e. The summed E-state index contributed by atoms with van der Waals surface area (Å²) in [4.78, 5) is 14.1. The van der Waals surface area contributed by atoms with Crippen molar-refractivity contribution in [2.45, 2.75) is 17.1 Å². The Hall–Kier alpha value is -2.51. The number of ether oxygens (including phenoxy) is 1. The standard InChI is InChI=1S/C19H18ClN3O3S/c1-23(2)18(24)17(13-6-4-3-5-7-13)27-19-22-21-16(26-19)12-25-15-10-8-14(20)9-11-15/h3-11,17H,12H2,1-2H3. The first-order chi connectivity index (χ1) is 13.0. The fourth-order valence-electron chi connectivity index (χ4n) is 2.24. The number of rotatable bonds is 7. The third kappa shape index (κ3) is 5.24. The summed E-state index contributed by atoms with van der Waals surface area (Å²) in [5.74, 6) is 0.927. The molecule has 1 heterocycles. The smallest absolute Gasteiger partial charge is 0.277 e. The summed E-state index contributed by atoms with van der Waals surface area (Å²) in [7, 11) is 3.44. The molecule has 1 atom stereocenters. The van der Waals surface area contributed by atoms with Crippen molar-refractivity contribution >= 4 is 29.3 Å². The molecule has 1 unspecified atom stereocenters. The summed E-state index contributed by atoms with van der Waals surface area (Å²) in [5.41, 5.74) is 0.873. The van der Waals surface area contributed by atoms with Gasteiger partial charge in [-0.1, -0.05) is 41.9 Å². The van der Waals surface area contributed by atoms with Gasteiger partial charge in [-0.15, -0.1) is 10.2 Å². The number of likely N-dealkylation sites (N-methyl/N-ethyl adjacent to an activating group) is 1. The Kier molecular flexibility index (Phi) is 6.36. The van der Waals surface area contributed by atoms with Crippen molar-refractivity contribution in [3.63, 3.8) is 0 Å². The highest BCUT2D eigenvalue weighted by atomic mass is 35.5. The average molecular weight is 404 g/mol. The number of halogens is 1. The summed E-state index contributed by atoms with van der Waals surface area (Å²) in [6.07, 6.45) is 0. The lowest BCUT2D eigenvalue weighted by Gasteiger charge is -2.18. The minimum Gasteiger partial charge on any atom is -0.484 e. The van der Waals surface area contributed by atoms with Crippen molar-refractivity contribution in [1.29, 1.82) is 0 Å². The van der Waals surface area contributed by atoms with Gasteiger partial charge in [0.1, 0.15) is 11.0 Å². The third-order valence-electron chi connectivity index (χ3n) is 3.61. The number of hydrogen-bond donors (Lipinski definition) is 0. The molecule has 0 aliphatic rings. The van der Waals surface area contributed by atoms with Gasteiger partial charge in [-0.2, -0.15) is 0 Å². The Morgan fingerprint density at radius 1 is 1.15 bits per heavy atom. The van der Waals surface area contributed by atoms with E-state index in [4.69, 9.17) is 20.8 Å². The summed E-state index contributed by atoms with van der Waals surface area (Å²) in [6, 6.07) is 16.5. The summed E-state index contributed by atoms with van der Waals surface area (Å²) in [6.45, 7) is 0.132. The van der Waals surface area contributed by atoms with Gasteiger partial charge in [0.05, 0.1) is 0 Å². The molecule has 2 aromatic carbocycles. The molecule has 3 rings (SSSR count). The monoisotopic (exact) mass is 403 g/mol. The van der Waals surface area contributed by atoms with E-state index in [1.807, 2.05) is 30.3 Å². The molecule has 1 aromatic heterocycles. The molecule has 1 amide bonds. The quantitative estimate of drug-likeness (QED) is 0.550. The number of thioether (sulfide) groups is 1. The van der Waals surface area contributed by atoms with E-state index >= 15 is 0 Å². The first-order valence-corrected chi connectivity index (χ1v) is 9.42. The van der Waals surface area contributed by atoms with Gasteiger partial charge in [0.2, 0.25) is 5.91 Å². The molecule has 140 valence electrons. The normalized spacial score (nSPS) is 11.8. The molecule has 0 aliphatic heterocycles. The number of benzene rings is 2. The summed E-state index contributed by atoms with van der Waals surface area (Å²) >= 11 is 7.07. The number of hydrogen-bond acceptors (Lipinski definition) is 6. The Morgan fingerprint density at radius 2 is 1.85 bits per heavy atom. The van der Waals surface area contributed by atoms with Gasteiger partial charge in [-0.25, -0.2) is 0 Å². The molecule has 0 spiro atoms. The second-order valence-corrected chi connectivity index (χ2v) is 7.34. The van der Waals surface area contributed by atoms with Crippen LogP contribution in [-0.4, -0.2) is 35.1 Å². The molecule has 0 fully saturated rings. The molecule has 8 heteroatoms. The highest BCUT2D eigenvalue weighted by Gasteiger charge is 2.26. The molecule has 27 heavy (non-hydrogen) atoms. The topological polar surface area (TPSA) is 68.5 Å². The Bertz CT molecular complexity index is 885. The van der Waals surface area contributed by atoms with Gasteiger partial charge in [-0.3, -0.25) is 4.79 Å². The van der Waals surface area contributed by atoms with E-state index in [-0.39, 0.29) is 12.5 Å². The predicted molar refractivity (Wildman–Crippen MR) is 104 cm³/mol. The fraction of sp³-hybridized carbons (Fsp3) is 0.211. The Balaban J connectivity index is 1.68. The number of amides is 1. The molecule has 6 nitrogen and oxygen atoms in total. The Morgan fingerprint density at radius 3 is 2.52 bits per heavy atom. The second-order valence-electron chi connectivity index (χ2n) is 5.85. The minimum atomic E-state index is -0.466. The second kappa shape index (κ2) is 8.92. The molecule has 3 aromatic rings. The first-order valence-electron chi connectivity index (χ1n) is 8.16. The molecule has 0 aliphatic carbocycles. The van der Waals surface area contributed by atoms with Crippen LogP contribution in [0.4, 0.5) is 0 Å². The van der Waals surface area contributed by atoms with Crippen LogP contribution in [0, 0.1) is 0 Å². The first kappa shape index (κ1) is 19.3. The van der Waals surface area contributed by atoms with Crippen molar-refractivity contribution in [2.75, 3.05) is 14.1 Å². The van der Waals surface area contributed by atoms with Crippen LogP contribution < -0.4 is 4.74 Å². The van der Waals surface area contributed by atoms with Crippen molar-refractivity contribution in [3.8, 4) is 5.75 Å². The molecule has 0 radical (unpaired) electrons. The van der Waals surface area contributed by atoms with Crippen molar-refractivity contribution in [3.05, 3.63) is 71.1 Å². The Labute approximate surface area is 166 Å². The van der Waals surface area contributed by atoms with Gasteiger partial charge >= 0.3 is 0 Å². The summed E-state index contributed by atoms with van der Waals surface area (Å²) in [5, 5.41) is 8.49. The number of aromatic nitrogens is 2. The van der Waals surface area contributed by atoms with E-state index in [1.54, 1.807) is 43.3 Å². The lowest BCUT2D eigenvalue weighted by Crippen LogP contribution is -2.26. The van der Waals surface area contributed by atoms with Crippen LogP contribution in [-0.2, 0) is 11.4 Å². The molecule has 0 N–H and O–H groups in total. The van der Waals surface area contributed by atoms with Crippen LogP contribution in [0.1, 0.15) is 16.7 Å². The zero-order valence-corrected chi connectivity index (χ0v) is 16.4. The van der Waals surface area contributed by atoms with Gasteiger partial charge in [0, 0.05) is 19.1 Å². The predicted octanol–water partition coefficient (Wildman–Crippen LogP) is 4.22. The summed E-state index contributed by atoms with van der Waals surface area (Å²) < 4.78 is 11.2. The van der Waals surface area contributed by atoms with Gasteiger partial charge in [0.25, 0.3) is 11.1 Å². The van der Waals surface area contributed by atoms with Crippen molar-refractivity contribution < 1.29 is 13.9 Å². The largest absolute Gasteiger partial charge is 0.484 e. The van der Waals surface area contributed by atoms with E-state index in [0.29, 0.717) is 21.9 Å². The van der Waals surface area contributed by atoms with Crippen molar-refractivity contribution in [1.82, 2.24) is 15.1 Å². The van der Waals surface area contributed by atoms with Crippen molar-refractivity contribution in [2.24, 2.45) is 0 Å². The van der Waals surface area contributed by atoms with Gasteiger partial charge in [0.15, 0.2) is 6.61 Å². The van der Waals surface area contributed by atoms with Gasteiger partial charge in [-0.05, 0) is 41.6 Å². The van der Waals surface area contributed by atoms with Gasteiger partial charge < -0.3 is 14.1 Å². The number of carbonyl (C=O) groups excluding carboxylic acids is 1. The van der Waals surface area contributed by atoms with E-state index in [2.05, 4.69) is 10.2 Å². The highest BCUT2D eigenvalue weighted by Crippen LogP contribution is 2.35. The van der Waals surface area contributed by atoms with E-state index < -0.39 is 5.25 Å². The van der Waals surface area contributed by atoms with Crippen LogP contribution in [0.3, 0.4) is 0 Å². The average Bonchev–Trinajstić information content (AvgIpc) is 3.13. The van der Waals surface area contributed by atoms with E-state index in [0.717, 1.165) is 5.56 Å². The lowest BCUT2D eigenvalue weighted by atomic mass is 10.1. The molecular weight excluding hydrogens is 386 g/mol. The third-order valence-corrected chi connectivity index (χ3v) is 4.94. The van der Waals surface area contributed by atoms with E-state index in [9.17, 15) is 4.79 Å². The zero-order valence-electron chi connectivity index (χ0n) is 14.8. The van der Waals surface area contributed by atoms with Crippen LogP contribution in [0.15, 0.2) is 64.2 Å². The number of nitrogens with zero attached hydrogens (tertiary/aromatic N) is 3. The van der Waals surface area contributed by atoms with Crippen LogP contribution >= 0.6 is 23.4 Å². The maximum atomic E-state index is 12.6. The van der Waals surface area contributed by atoms with Crippen LogP contribution in [0.25, 0.3) is 0 Å². The molecule has 0 saturated heterocycles. The minimum absolute atomic E-state index is 0.0524. The van der Waals surface area contributed by atoms with Crippen LogP contribution in [0.2, 0.25) is 5.02 Å².